The zero-order valence-electron chi connectivity index (χ0n) is 17.0. The third-order valence-electron chi connectivity index (χ3n) is 4.68. The summed E-state index contributed by atoms with van der Waals surface area (Å²) in [6, 6.07) is 5.79. The fourth-order valence-electron chi connectivity index (χ4n) is 3.39. The van der Waals surface area contributed by atoms with Gasteiger partial charge in [0, 0.05) is 45.6 Å². The normalized spacial score (nSPS) is 26.8. The highest BCUT2D eigenvalue weighted by Gasteiger charge is 2.24. The monoisotopic (exact) mass is 360 g/mol. The Morgan fingerprint density at radius 3 is 3.16 bits per heavy atom. The van der Waals surface area contributed by atoms with Crippen LogP contribution in [0.1, 0.15) is 28.7 Å². The van der Waals surface area contributed by atoms with E-state index < -0.39 is 13.1 Å². The van der Waals surface area contributed by atoms with Crippen molar-refractivity contribution >= 4 is 21.4 Å². The average molecular weight is 361 g/mol. The number of phenolic OH excluding ortho intramolecular Hbond substituents is 1. The maximum absolute atomic E-state index is 10.6. The van der Waals surface area contributed by atoms with Crippen molar-refractivity contribution in [3.8, 4) is 5.75 Å². The lowest BCUT2D eigenvalue weighted by Gasteiger charge is -2.32. The topological polar surface area (TPSA) is 63.5 Å². The molecule has 6 nitrogen and oxygen atoms in total. The van der Waals surface area contributed by atoms with Crippen LogP contribution in [0.2, 0.25) is 0 Å². The van der Waals surface area contributed by atoms with Crippen molar-refractivity contribution in [1.29, 1.82) is 0 Å². The number of phenols is 1. The molecule has 1 saturated heterocycles. The number of likely N-dealkylation sites (N-methyl/N-ethyl adjacent to an activating group) is 1. The number of benzene rings is 1. The molecule has 0 radical (unpaired) electrons. The van der Waals surface area contributed by atoms with Gasteiger partial charge in [-0.1, -0.05) is 0 Å². The molecule has 25 heavy (non-hydrogen) atoms. The van der Waals surface area contributed by atoms with E-state index in [0.29, 0.717) is 24.5 Å². The van der Waals surface area contributed by atoms with Crippen molar-refractivity contribution in [2.75, 3.05) is 27.1 Å². The number of azo groups is 1. The molecule has 0 saturated carbocycles. The second kappa shape index (κ2) is 6.65. The van der Waals surface area contributed by atoms with E-state index >= 15 is 0 Å². The van der Waals surface area contributed by atoms with E-state index in [-0.39, 0.29) is 11.8 Å². The van der Waals surface area contributed by atoms with Crippen LogP contribution in [0.15, 0.2) is 45.8 Å². The largest absolute Gasteiger partial charge is 0.507 e. The number of hydrogen-bond donors (Lipinski definition) is 2. The quantitative estimate of drug-likeness (QED) is 0.879. The molecular formula is C18H23N5OS. The van der Waals surface area contributed by atoms with Crippen LogP contribution in [-0.4, -0.2) is 48.1 Å². The van der Waals surface area contributed by atoms with Gasteiger partial charge in [-0.15, -0.1) is 16.5 Å². The lowest BCUT2D eigenvalue weighted by molar-refractivity contribution is 0.230. The molecule has 132 valence electrons. The lowest BCUT2D eigenvalue weighted by Crippen LogP contribution is -2.43. The van der Waals surface area contributed by atoms with Crippen LogP contribution < -0.4 is 5.32 Å². The second-order valence-corrected chi connectivity index (χ2v) is 7.48. The summed E-state index contributed by atoms with van der Waals surface area (Å²) in [5, 5.41) is 25.4. The summed E-state index contributed by atoms with van der Waals surface area (Å²) in [5.41, 5.74) is 0.707. The number of rotatable bonds is 3. The number of hydrogen-bond acceptors (Lipinski definition) is 7. The first-order valence-corrected chi connectivity index (χ1v) is 9.26. The van der Waals surface area contributed by atoms with Gasteiger partial charge in [-0.3, -0.25) is 0 Å². The standard InChI is InChI=1S/C18H23N5OS/c1-22-8-3-4-12(10-22)19-16-11-23(2)18(21-20-16)14-5-6-15-13(17(14)24)7-9-25-15/h5-7,9,11-12,18-19,24H,3-4,8,10H2,1-2H3/t12?,18-/m0/s1/i1D3. The summed E-state index contributed by atoms with van der Waals surface area (Å²) in [6.45, 7) is -1.03. The third-order valence-corrected chi connectivity index (χ3v) is 5.56. The molecule has 4 rings (SSSR count). The Hall–Kier alpha value is -2.12. The van der Waals surface area contributed by atoms with E-state index in [1.54, 1.807) is 11.3 Å². The minimum atomic E-state index is -2.07. The molecule has 7 heteroatoms. The van der Waals surface area contributed by atoms with Crippen molar-refractivity contribution in [3.05, 3.63) is 41.2 Å². The molecule has 2 aliphatic rings. The van der Waals surface area contributed by atoms with E-state index in [2.05, 4.69) is 15.5 Å². The highest BCUT2D eigenvalue weighted by atomic mass is 32.1. The van der Waals surface area contributed by atoms with Gasteiger partial charge in [0.15, 0.2) is 12.0 Å². The minimum Gasteiger partial charge on any atom is -0.507 e. The molecule has 2 atom stereocenters. The predicted molar refractivity (Wildman–Crippen MR) is 101 cm³/mol. The van der Waals surface area contributed by atoms with Gasteiger partial charge in [0.05, 0.1) is 0 Å². The maximum Gasteiger partial charge on any atom is 0.171 e. The summed E-state index contributed by atoms with van der Waals surface area (Å²) in [6.07, 6.45) is 3.17. The second-order valence-electron chi connectivity index (χ2n) is 6.53. The highest BCUT2D eigenvalue weighted by molar-refractivity contribution is 7.17. The van der Waals surface area contributed by atoms with Crippen LogP contribution in [0.25, 0.3) is 10.1 Å². The summed E-state index contributed by atoms with van der Waals surface area (Å²) in [7, 11) is 1.89. The van der Waals surface area contributed by atoms with Gasteiger partial charge in [-0.05, 0) is 49.9 Å². The number of likely N-dealkylation sites (tertiary alicyclic amines) is 1. The number of thiophene rings is 1. The SMILES string of the molecule is [2H]C([2H])([2H])N1CCCC(NC2=CN(C)[C@@H](c3ccc4sccc4c3O)N=N2)C1. The molecular weight excluding hydrogens is 334 g/mol. The summed E-state index contributed by atoms with van der Waals surface area (Å²) in [5.74, 6) is 0.840. The van der Waals surface area contributed by atoms with Gasteiger partial charge >= 0.3 is 0 Å². The minimum absolute atomic E-state index is 0.0138. The van der Waals surface area contributed by atoms with Crippen molar-refractivity contribution in [3.63, 3.8) is 0 Å². The lowest BCUT2D eigenvalue weighted by atomic mass is 10.1. The molecule has 1 aromatic carbocycles. The third kappa shape index (κ3) is 3.21. The summed E-state index contributed by atoms with van der Waals surface area (Å²) >= 11 is 1.59. The van der Waals surface area contributed by atoms with E-state index in [1.165, 1.54) is 4.90 Å². The maximum atomic E-state index is 10.6. The Bertz CT molecular complexity index is 926. The van der Waals surface area contributed by atoms with Crippen molar-refractivity contribution in [2.45, 2.75) is 25.0 Å². The first kappa shape index (κ1) is 13.1. The van der Waals surface area contributed by atoms with Crippen LogP contribution in [-0.2, 0) is 0 Å². The molecule has 0 spiro atoms. The predicted octanol–water partition coefficient (Wildman–Crippen LogP) is 3.49. The van der Waals surface area contributed by atoms with Crippen LogP contribution in [0.5, 0.6) is 5.75 Å². The Balaban J connectivity index is 1.47. The molecule has 0 bridgehead atoms. The summed E-state index contributed by atoms with van der Waals surface area (Å²) in [4.78, 5) is 3.42. The van der Waals surface area contributed by atoms with E-state index in [1.807, 2.05) is 41.7 Å². The van der Waals surface area contributed by atoms with Crippen LogP contribution in [0, 0.1) is 0 Å². The number of fused-ring (bicyclic) bond motifs is 1. The Labute approximate surface area is 155 Å². The van der Waals surface area contributed by atoms with E-state index in [0.717, 1.165) is 22.9 Å². The van der Waals surface area contributed by atoms with Gasteiger partial charge in [0.2, 0.25) is 0 Å². The molecule has 0 amide bonds. The molecule has 2 aromatic rings. The van der Waals surface area contributed by atoms with E-state index in [4.69, 9.17) is 4.11 Å². The van der Waals surface area contributed by atoms with Gasteiger partial charge in [-0.25, -0.2) is 0 Å². The zero-order chi connectivity index (χ0) is 19.9. The molecule has 1 aromatic heterocycles. The molecule has 2 aliphatic heterocycles. The Kier molecular flexibility index (Phi) is 3.49. The Morgan fingerprint density at radius 1 is 1.40 bits per heavy atom. The fourth-order valence-corrected chi connectivity index (χ4v) is 4.18. The highest BCUT2D eigenvalue weighted by Crippen LogP contribution is 2.38. The van der Waals surface area contributed by atoms with Gasteiger partial charge in [-0.2, -0.15) is 5.11 Å². The van der Waals surface area contributed by atoms with Crippen LogP contribution in [0.3, 0.4) is 0 Å². The number of nitrogens with zero attached hydrogens (tertiary/aromatic N) is 4. The average Bonchev–Trinajstić information content (AvgIpc) is 3.12. The van der Waals surface area contributed by atoms with E-state index in [9.17, 15) is 5.11 Å². The smallest absolute Gasteiger partial charge is 0.171 e. The Morgan fingerprint density at radius 2 is 2.32 bits per heavy atom. The fraction of sp³-hybridized carbons (Fsp3) is 0.444. The van der Waals surface area contributed by atoms with Gasteiger partial charge < -0.3 is 20.2 Å². The number of nitrogens with one attached hydrogen (secondary N) is 1. The number of piperidine rings is 1. The molecule has 3 heterocycles. The first-order valence-electron chi connectivity index (χ1n) is 9.88. The van der Waals surface area contributed by atoms with Crippen molar-refractivity contribution in [1.82, 2.24) is 15.1 Å². The molecule has 0 aliphatic carbocycles. The van der Waals surface area contributed by atoms with Gasteiger partial charge in [0.25, 0.3) is 0 Å². The first-order chi connectivity index (χ1) is 13.3. The molecule has 1 fully saturated rings. The zero-order valence-corrected chi connectivity index (χ0v) is 14.8. The molecule has 1 unspecified atom stereocenters. The summed E-state index contributed by atoms with van der Waals surface area (Å²) < 4.78 is 23.8. The van der Waals surface area contributed by atoms with Crippen LogP contribution in [0.4, 0.5) is 0 Å². The van der Waals surface area contributed by atoms with Crippen LogP contribution >= 0.6 is 11.3 Å². The van der Waals surface area contributed by atoms with Crippen molar-refractivity contribution < 1.29 is 9.22 Å². The van der Waals surface area contributed by atoms with Gasteiger partial charge in [0.1, 0.15) is 5.75 Å². The van der Waals surface area contributed by atoms with Crippen molar-refractivity contribution in [2.24, 2.45) is 10.2 Å². The number of aromatic hydroxyl groups is 1. The molecule has 2 N–H and O–H groups in total.